The van der Waals surface area contributed by atoms with Crippen molar-refractivity contribution in [2.45, 2.75) is 135 Å². The summed E-state index contributed by atoms with van der Waals surface area (Å²) in [6.07, 6.45) is 21.6. The molecule has 0 rings (SSSR count). The average molecular weight is 578 g/mol. The number of phosphoric acid groups is 1. The molecule has 0 spiro atoms. The van der Waals surface area contributed by atoms with E-state index in [2.05, 4.69) is 31.3 Å². The number of allylic oxidation sites excluding steroid dienone is 2. The molecular weight excluding hydrogens is 515 g/mol. The molecule has 232 valence electrons. The summed E-state index contributed by atoms with van der Waals surface area (Å²) in [7, 11) is 1.60. The van der Waals surface area contributed by atoms with Crippen LogP contribution in [0.25, 0.3) is 0 Å². The van der Waals surface area contributed by atoms with Crippen molar-refractivity contribution in [1.29, 1.82) is 0 Å². The molecule has 39 heavy (non-hydrogen) atoms. The number of unbranched alkanes of at least 4 members (excludes halogenated alkanes) is 12. The number of nitrogens with zero attached hydrogens (tertiary/aromatic N) is 1. The Morgan fingerprint density at radius 2 is 1.38 bits per heavy atom. The molecule has 0 saturated carbocycles. The van der Waals surface area contributed by atoms with Gasteiger partial charge >= 0.3 is 7.82 Å². The molecule has 0 heterocycles. The van der Waals surface area contributed by atoms with Crippen LogP contribution in [0.3, 0.4) is 0 Å². The van der Waals surface area contributed by atoms with E-state index < -0.39 is 20.0 Å². The number of aliphatic hydroxyl groups excluding tert-OH is 1. The monoisotopic (exact) mass is 577 g/mol. The zero-order valence-electron chi connectivity index (χ0n) is 25.9. The van der Waals surface area contributed by atoms with Gasteiger partial charge in [0, 0.05) is 6.42 Å². The number of quaternary nitrogens is 1. The fourth-order valence-electron chi connectivity index (χ4n) is 4.15. The Morgan fingerprint density at radius 3 is 1.97 bits per heavy atom. The van der Waals surface area contributed by atoms with E-state index in [4.69, 9.17) is 9.05 Å². The van der Waals surface area contributed by atoms with Crippen molar-refractivity contribution in [3.8, 4) is 0 Å². The van der Waals surface area contributed by atoms with Crippen LogP contribution >= 0.6 is 7.82 Å². The molecule has 0 fully saturated rings. The number of rotatable bonds is 27. The Hall–Kier alpha value is -0.760. The van der Waals surface area contributed by atoms with Crippen LogP contribution in [0.5, 0.6) is 0 Å². The molecule has 3 unspecified atom stereocenters. The second-order valence-corrected chi connectivity index (χ2v) is 13.3. The number of aliphatic hydroxyl groups is 1. The van der Waals surface area contributed by atoms with Crippen LogP contribution in [0.2, 0.25) is 0 Å². The van der Waals surface area contributed by atoms with E-state index in [0.717, 1.165) is 51.4 Å². The van der Waals surface area contributed by atoms with Crippen LogP contribution < -0.4 is 5.32 Å². The number of amides is 1. The summed E-state index contributed by atoms with van der Waals surface area (Å²) in [5.41, 5.74) is 0. The van der Waals surface area contributed by atoms with E-state index >= 15 is 0 Å². The van der Waals surface area contributed by atoms with Gasteiger partial charge in [0.15, 0.2) is 0 Å². The van der Waals surface area contributed by atoms with Gasteiger partial charge in [-0.15, -0.1) is 0 Å². The number of hydrogen-bond donors (Lipinski definition) is 3. The van der Waals surface area contributed by atoms with E-state index in [-0.39, 0.29) is 19.1 Å². The van der Waals surface area contributed by atoms with Gasteiger partial charge in [-0.2, -0.15) is 0 Å². The van der Waals surface area contributed by atoms with Gasteiger partial charge in [-0.25, -0.2) is 4.57 Å². The Bertz CT molecular complexity index is 668. The normalized spacial score (nSPS) is 15.4. The lowest BCUT2D eigenvalue weighted by Crippen LogP contribution is -2.46. The zero-order valence-corrected chi connectivity index (χ0v) is 26.8. The van der Waals surface area contributed by atoms with Crippen molar-refractivity contribution < 1.29 is 32.9 Å². The minimum atomic E-state index is -4.28. The van der Waals surface area contributed by atoms with Gasteiger partial charge < -0.3 is 19.8 Å². The molecule has 3 atom stereocenters. The molecule has 3 N–H and O–H groups in total. The summed E-state index contributed by atoms with van der Waals surface area (Å²) in [4.78, 5) is 22.6. The number of hydrogen-bond acceptors (Lipinski definition) is 5. The van der Waals surface area contributed by atoms with Crippen molar-refractivity contribution in [2.75, 3.05) is 40.9 Å². The smallest absolute Gasteiger partial charge is 0.391 e. The quantitative estimate of drug-likeness (QED) is 0.0425. The molecule has 0 aromatic heterocycles. The summed E-state index contributed by atoms with van der Waals surface area (Å²) in [6.45, 7) is 4.67. The first-order chi connectivity index (χ1) is 18.5. The minimum Gasteiger partial charge on any atom is -0.391 e. The van der Waals surface area contributed by atoms with Gasteiger partial charge in [0.25, 0.3) is 0 Å². The van der Waals surface area contributed by atoms with E-state index in [9.17, 15) is 19.4 Å². The van der Waals surface area contributed by atoms with Crippen molar-refractivity contribution in [1.82, 2.24) is 5.32 Å². The van der Waals surface area contributed by atoms with Gasteiger partial charge in [-0.3, -0.25) is 13.8 Å². The highest BCUT2D eigenvalue weighted by Crippen LogP contribution is 2.43. The van der Waals surface area contributed by atoms with E-state index in [1.807, 2.05) is 21.1 Å². The summed E-state index contributed by atoms with van der Waals surface area (Å²) in [5, 5.41) is 13.5. The van der Waals surface area contributed by atoms with E-state index in [1.54, 1.807) is 0 Å². The molecule has 0 aromatic carbocycles. The fraction of sp³-hybridized carbons (Fsp3) is 0.900. The van der Waals surface area contributed by atoms with Crippen LogP contribution in [0.4, 0.5) is 0 Å². The molecule has 9 heteroatoms. The Morgan fingerprint density at radius 1 is 0.846 bits per heavy atom. The summed E-state index contributed by atoms with van der Waals surface area (Å²) >= 11 is 0. The van der Waals surface area contributed by atoms with Crippen LogP contribution in [0.1, 0.15) is 123 Å². The number of carbonyl (C=O) groups excluding carboxylic acids is 1. The maximum atomic E-state index is 12.6. The molecule has 0 aliphatic heterocycles. The molecular formula is C30H62N2O6P+. The maximum Gasteiger partial charge on any atom is 0.472 e. The largest absolute Gasteiger partial charge is 0.472 e. The van der Waals surface area contributed by atoms with Crippen LogP contribution in [0.15, 0.2) is 12.2 Å². The molecule has 0 aliphatic rings. The van der Waals surface area contributed by atoms with Gasteiger partial charge in [-0.1, -0.05) is 90.2 Å². The third-order valence-electron chi connectivity index (χ3n) is 6.76. The lowest BCUT2D eigenvalue weighted by molar-refractivity contribution is -0.870. The van der Waals surface area contributed by atoms with E-state index in [1.165, 1.54) is 44.9 Å². The molecule has 0 radical (unpaired) electrons. The van der Waals surface area contributed by atoms with Gasteiger partial charge in [0.2, 0.25) is 5.91 Å². The van der Waals surface area contributed by atoms with Crippen molar-refractivity contribution in [3.63, 3.8) is 0 Å². The van der Waals surface area contributed by atoms with Gasteiger partial charge in [0.1, 0.15) is 13.2 Å². The average Bonchev–Trinajstić information content (AvgIpc) is 2.85. The van der Waals surface area contributed by atoms with Crippen LogP contribution in [0, 0.1) is 0 Å². The predicted molar refractivity (Wildman–Crippen MR) is 162 cm³/mol. The molecule has 1 amide bonds. The number of carbonyl (C=O) groups is 1. The first kappa shape index (κ1) is 38.2. The molecule has 0 aromatic rings. The highest BCUT2D eigenvalue weighted by atomic mass is 31.2. The summed E-state index contributed by atoms with van der Waals surface area (Å²) in [5.74, 6) is -0.168. The van der Waals surface area contributed by atoms with Crippen molar-refractivity contribution in [2.24, 2.45) is 0 Å². The van der Waals surface area contributed by atoms with Gasteiger partial charge in [-0.05, 0) is 38.5 Å². The van der Waals surface area contributed by atoms with Crippen LogP contribution in [-0.2, 0) is 18.4 Å². The number of likely N-dealkylation sites (N-methyl/N-ethyl adjacent to an activating group) is 1. The van der Waals surface area contributed by atoms with E-state index in [0.29, 0.717) is 23.9 Å². The molecule has 0 saturated heterocycles. The number of phosphoric ester groups is 1. The Kier molecular flexibility index (Phi) is 23.4. The minimum absolute atomic E-state index is 0.0722. The highest BCUT2D eigenvalue weighted by molar-refractivity contribution is 7.47. The number of nitrogens with one attached hydrogen (secondary N) is 1. The third-order valence-corrected chi connectivity index (χ3v) is 7.75. The summed E-state index contributed by atoms with van der Waals surface area (Å²) in [6, 6.07) is -0.754. The predicted octanol–water partition coefficient (Wildman–Crippen LogP) is 6.90. The molecule has 0 aliphatic carbocycles. The zero-order chi connectivity index (χ0) is 29.4. The lowest BCUT2D eigenvalue weighted by atomic mass is 10.0. The lowest BCUT2D eigenvalue weighted by Gasteiger charge is -2.26. The van der Waals surface area contributed by atoms with Crippen molar-refractivity contribution >= 4 is 13.7 Å². The van der Waals surface area contributed by atoms with Crippen molar-refractivity contribution in [3.05, 3.63) is 12.2 Å². The molecule has 8 nitrogen and oxygen atoms in total. The third kappa shape index (κ3) is 25.9. The second kappa shape index (κ2) is 23.9. The first-order valence-corrected chi connectivity index (χ1v) is 17.0. The molecule has 0 bridgehead atoms. The Balaban J connectivity index is 4.29. The highest BCUT2D eigenvalue weighted by Gasteiger charge is 2.28. The fourth-order valence-corrected chi connectivity index (χ4v) is 4.89. The maximum absolute atomic E-state index is 12.6. The SMILES string of the molecule is CCCCCCC/C=C\CCCCCCCC(=O)NC(COP(=O)(O)OCC[N+](C)(C)C)C(O)CCCCC. The van der Waals surface area contributed by atoms with Gasteiger partial charge in [0.05, 0.1) is 39.9 Å². The van der Waals surface area contributed by atoms with Crippen LogP contribution in [-0.4, -0.2) is 73.4 Å². The Labute approximate surface area is 240 Å². The topological polar surface area (TPSA) is 105 Å². The standard InChI is InChI=1S/C30H61N2O6P/c1-6-8-10-11-12-13-14-15-16-17-18-19-20-22-24-30(34)31-28(29(33)23-21-9-7-2)27-38-39(35,36)37-26-25-32(3,4)5/h14-15,28-29,33H,6-13,16-27H2,1-5H3,(H-,31,34,35,36)/p+1/b15-14-. The summed E-state index contributed by atoms with van der Waals surface area (Å²) < 4.78 is 23.1. The second-order valence-electron chi connectivity index (χ2n) is 11.8. The first-order valence-electron chi connectivity index (χ1n) is 15.6.